The first kappa shape index (κ1) is 9.98. The number of hydrogen-bond donors (Lipinski definition) is 1. The lowest BCUT2D eigenvalue weighted by Crippen LogP contribution is -1.87. The first-order chi connectivity index (χ1) is 7.18. The van der Waals surface area contributed by atoms with Crippen LogP contribution >= 0.6 is 12.2 Å². The highest BCUT2D eigenvalue weighted by Crippen LogP contribution is 2.21. The van der Waals surface area contributed by atoms with Gasteiger partial charge in [-0.05, 0) is 30.2 Å². The minimum absolute atomic E-state index is 0.211. The molecule has 0 radical (unpaired) electrons. The molecule has 2 nitrogen and oxygen atoms in total. The van der Waals surface area contributed by atoms with Gasteiger partial charge in [-0.15, -0.1) is 0 Å². The van der Waals surface area contributed by atoms with Crippen molar-refractivity contribution in [3.05, 3.63) is 46.7 Å². The molecule has 4 heteroatoms. The first-order valence-corrected chi connectivity index (χ1v) is 4.88. The van der Waals surface area contributed by atoms with Crippen LogP contribution < -0.4 is 0 Å². The maximum atomic E-state index is 13.1. The smallest absolute Gasteiger partial charge is 0.126 e. The number of aryl methyl sites for hydroxylation is 1. The van der Waals surface area contributed by atoms with Crippen molar-refractivity contribution >= 4 is 12.2 Å². The summed E-state index contributed by atoms with van der Waals surface area (Å²) < 4.78 is 13.7. The zero-order valence-corrected chi connectivity index (χ0v) is 8.94. The van der Waals surface area contributed by atoms with Gasteiger partial charge < -0.3 is 4.98 Å². The lowest BCUT2D eigenvalue weighted by atomic mass is 10.1. The SMILES string of the molecule is Cc1cc(-c2cnc[nH]c2=S)ccc1F. The molecule has 0 aliphatic heterocycles. The van der Waals surface area contributed by atoms with Gasteiger partial charge in [0.2, 0.25) is 0 Å². The number of H-pyrrole nitrogens is 1. The average Bonchev–Trinajstić information content (AvgIpc) is 2.23. The van der Waals surface area contributed by atoms with Gasteiger partial charge in [-0.25, -0.2) is 9.37 Å². The van der Waals surface area contributed by atoms with E-state index in [0.29, 0.717) is 10.2 Å². The maximum absolute atomic E-state index is 13.1. The summed E-state index contributed by atoms with van der Waals surface area (Å²) in [5, 5.41) is 0. The number of hydrogen-bond acceptors (Lipinski definition) is 2. The molecule has 0 saturated carbocycles. The highest BCUT2D eigenvalue weighted by Gasteiger charge is 2.03. The van der Waals surface area contributed by atoms with Gasteiger partial charge in [0, 0.05) is 11.8 Å². The molecule has 1 heterocycles. The molecule has 0 aliphatic carbocycles. The van der Waals surface area contributed by atoms with E-state index < -0.39 is 0 Å². The van der Waals surface area contributed by atoms with Gasteiger partial charge in [-0.2, -0.15) is 0 Å². The number of nitrogens with one attached hydrogen (secondary N) is 1. The maximum Gasteiger partial charge on any atom is 0.126 e. The molecule has 1 N–H and O–H groups in total. The molecular weight excluding hydrogens is 211 g/mol. The lowest BCUT2D eigenvalue weighted by molar-refractivity contribution is 0.619. The van der Waals surface area contributed by atoms with Crippen molar-refractivity contribution in [3.63, 3.8) is 0 Å². The second-order valence-electron chi connectivity index (χ2n) is 3.26. The van der Waals surface area contributed by atoms with E-state index in [0.717, 1.165) is 11.1 Å². The third-order valence-electron chi connectivity index (χ3n) is 2.19. The van der Waals surface area contributed by atoms with Crippen molar-refractivity contribution in [2.24, 2.45) is 0 Å². The van der Waals surface area contributed by atoms with Gasteiger partial charge in [0.15, 0.2) is 0 Å². The van der Waals surface area contributed by atoms with Gasteiger partial charge in [-0.3, -0.25) is 0 Å². The second-order valence-corrected chi connectivity index (χ2v) is 3.67. The molecule has 2 rings (SSSR count). The third-order valence-corrected chi connectivity index (χ3v) is 2.53. The molecule has 0 fully saturated rings. The zero-order chi connectivity index (χ0) is 10.8. The van der Waals surface area contributed by atoms with Crippen molar-refractivity contribution in [2.75, 3.05) is 0 Å². The summed E-state index contributed by atoms with van der Waals surface area (Å²) in [4.78, 5) is 6.80. The van der Waals surface area contributed by atoms with Gasteiger partial charge in [-0.1, -0.05) is 18.3 Å². The second kappa shape index (κ2) is 3.90. The Labute approximate surface area is 91.8 Å². The average molecular weight is 220 g/mol. The first-order valence-electron chi connectivity index (χ1n) is 4.47. The molecule has 15 heavy (non-hydrogen) atoms. The van der Waals surface area contributed by atoms with Gasteiger partial charge >= 0.3 is 0 Å². The van der Waals surface area contributed by atoms with E-state index in [-0.39, 0.29) is 5.82 Å². The molecule has 76 valence electrons. The fraction of sp³-hybridized carbons (Fsp3) is 0.0909. The lowest BCUT2D eigenvalue weighted by Gasteiger charge is -2.03. The number of benzene rings is 1. The Morgan fingerprint density at radius 1 is 1.40 bits per heavy atom. The van der Waals surface area contributed by atoms with Gasteiger partial charge in [0.25, 0.3) is 0 Å². The van der Waals surface area contributed by atoms with E-state index in [9.17, 15) is 4.39 Å². The van der Waals surface area contributed by atoms with Crippen LogP contribution in [0.3, 0.4) is 0 Å². The molecule has 1 aromatic carbocycles. The summed E-state index contributed by atoms with van der Waals surface area (Å²) in [6, 6.07) is 4.89. The molecule has 0 amide bonds. The van der Waals surface area contributed by atoms with Crippen LogP contribution in [0.25, 0.3) is 11.1 Å². The Bertz CT molecular complexity index is 548. The summed E-state index contributed by atoms with van der Waals surface area (Å²) in [6.45, 7) is 1.72. The zero-order valence-electron chi connectivity index (χ0n) is 8.12. The van der Waals surface area contributed by atoms with Crippen LogP contribution in [0.5, 0.6) is 0 Å². The Morgan fingerprint density at radius 3 is 2.87 bits per heavy atom. The van der Waals surface area contributed by atoms with Crippen LogP contribution in [0.2, 0.25) is 0 Å². The van der Waals surface area contributed by atoms with E-state index in [1.54, 1.807) is 25.3 Å². The number of halogens is 1. The standard InChI is InChI=1S/C11H9FN2S/c1-7-4-8(2-3-10(7)12)9-5-13-6-14-11(9)15/h2-6H,1H3,(H,13,14,15). The van der Waals surface area contributed by atoms with Crippen molar-refractivity contribution in [3.8, 4) is 11.1 Å². The summed E-state index contributed by atoms with van der Waals surface area (Å²) in [5.74, 6) is -0.211. The molecule has 0 saturated heterocycles. The molecule has 0 atom stereocenters. The fourth-order valence-electron chi connectivity index (χ4n) is 1.36. The molecule has 0 unspecified atom stereocenters. The van der Waals surface area contributed by atoms with Crippen LogP contribution in [0.4, 0.5) is 4.39 Å². The topological polar surface area (TPSA) is 28.7 Å². The predicted molar refractivity (Wildman–Crippen MR) is 59.6 cm³/mol. The summed E-state index contributed by atoms with van der Waals surface area (Å²) >= 11 is 5.12. The quantitative estimate of drug-likeness (QED) is 0.747. The van der Waals surface area contributed by atoms with E-state index in [1.807, 2.05) is 0 Å². The highest BCUT2D eigenvalue weighted by atomic mass is 32.1. The number of aromatic amines is 1. The van der Waals surface area contributed by atoms with Crippen molar-refractivity contribution in [1.82, 2.24) is 9.97 Å². The molecule has 0 bridgehead atoms. The normalized spacial score (nSPS) is 10.3. The van der Waals surface area contributed by atoms with E-state index in [1.165, 1.54) is 12.4 Å². The Morgan fingerprint density at radius 2 is 2.20 bits per heavy atom. The highest BCUT2D eigenvalue weighted by molar-refractivity contribution is 7.71. The van der Waals surface area contributed by atoms with Gasteiger partial charge in [0.05, 0.1) is 6.33 Å². The number of rotatable bonds is 1. The molecule has 0 aliphatic rings. The number of nitrogens with zero attached hydrogens (tertiary/aromatic N) is 1. The van der Waals surface area contributed by atoms with Gasteiger partial charge in [0.1, 0.15) is 10.5 Å². The predicted octanol–water partition coefficient (Wildman–Crippen LogP) is 3.25. The van der Waals surface area contributed by atoms with E-state index >= 15 is 0 Å². The van der Waals surface area contributed by atoms with E-state index in [2.05, 4.69) is 9.97 Å². The molecule has 1 aromatic heterocycles. The Hall–Kier alpha value is -1.55. The fourth-order valence-corrected chi connectivity index (χ4v) is 1.59. The minimum Gasteiger partial charge on any atom is -0.337 e. The largest absolute Gasteiger partial charge is 0.337 e. The molecular formula is C11H9FN2S. The Kier molecular flexibility index (Phi) is 2.60. The third kappa shape index (κ3) is 1.94. The molecule has 2 aromatic rings. The van der Waals surface area contributed by atoms with Crippen LogP contribution in [0, 0.1) is 17.4 Å². The summed E-state index contributed by atoms with van der Waals surface area (Å²) in [5.41, 5.74) is 2.30. The Balaban J connectivity index is 2.60. The molecule has 0 spiro atoms. The number of aromatic nitrogens is 2. The van der Waals surface area contributed by atoms with Crippen LogP contribution in [-0.2, 0) is 0 Å². The monoisotopic (exact) mass is 220 g/mol. The van der Waals surface area contributed by atoms with Crippen molar-refractivity contribution in [1.29, 1.82) is 0 Å². The van der Waals surface area contributed by atoms with Crippen molar-refractivity contribution in [2.45, 2.75) is 6.92 Å². The summed E-state index contributed by atoms with van der Waals surface area (Å²) in [7, 11) is 0. The van der Waals surface area contributed by atoms with Crippen LogP contribution in [-0.4, -0.2) is 9.97 Å². The van der Waals surface area contributed by atoms with Crippen molar-refractivity contribution < 1.29 is 4.39 Å². The summed E-state index contributed by atoms with van der Waals surface area (Å²) in [6.07, 6.45) is 3.20. The van der Waals surface area contributed by atoms with E-state index in [4.69, 9.17) is 12.2 Å². The minimum atomic E-state index is -0.211. The van der Waals surface area contributed by atoms with Crippen LogP contribution in [0.1, 0.15) is 5.56 Å². The van der Waals surface area contributed by atoms with Crippen LogP contribution in [0.15, 0.2) is 30.7 Å².